The van der Waals surface area contributed by atoms with Crippen molar-refractivity contribution in [3.8, 4) is 0 Å². The second kappa shape index (κ2) is 7.23. The van der Waals surface area contributed by atoms with E-state index in [2.05, 4.69) is 10.1 Å². The number of carbonyl (C=O) groups excluding carboxylic acids is 1. The molecule has 0 aliphatic carbocycles. The topological polar surface area (TPSA) is 85.2 Å². The number of benzene rings is 1. The predicted octanol–water partition coefficient (Wildman–Crippen LogP) is 2.52. The summed E-state index contributed by atoms with van der Waals surface area (Å²) in [5.41, 5.74) is 8.40. The summed E-state index contributed by atoms with van der Waals surface area (Å²) < 4.78 is 5.10. The van der Waals surface area contributed by atoms with Gasteiger partial charge in [-0.2, -0.15) is 0 Å². The first-order chi connectivity index (χ1) is 11.7. The van der Waals surface area contributed by atoms with E-state index in [0.29, 0.717) is 30.9 Å². The molecule has 6 nitrogen and oxygen atoms in total. The van der Waals surface area contributed by atoms with E-state index in [-0.39, 0.29) is 5.91 Å². The van der Waals surface area contributed by atoms with E-state index in [1.807, 2.05) is 37.3 Å². The summed E-state index contributed by atoms with van der Waals surface area (Å²) in [6.07, 6.45) is 2.29. The number of aromatic nitrogens is 2. The number of hydrogen-bond donors (Lipinski definition) is 1. The lowest BCUT2D eigenvalue weighted by Crippen LogP contribution is -2.32. The summed E-state index contributed by atoms with van der Waals surface area (Å²) in [6.45, 7) is 3.52. The Morgan fingerprint density at radius 3 is 2.83 bits per heavy atom. The molecule has 1 aromatic carbocycles. The fraction of sp³-hybridized carbons (Fsp3) is 0.278. The molecule has 0 saturated carbocycles. The molecule has 0 spiro atoms. The van der Waals surface area contributed by atoms with Crippen LogP contribution in [0.5, 0.6) is 0 Å². The zero-order valence-electron chi connectivity index (χ0n) is 13.6. The van der Waals surface area contributed by atoms with E-state index < -0.39 is 0 Å². The van der Waals surface area contributed by atoms with Crippen LogP contribution in [-0.4, -0.2) is 34.0 Å². The summed E-state index contributed by atoms with van der Waals surface area (Å²) in [4.78, 5) is 18.9. The Morgan fingerprint density at radius 1 is 1.29 bits per heavy atom. The molecule has 2 N–H and O–H groups in total. The molecule has 0 radical (unpaired) electrons. The van der Waals surface area contributed by atoms with Crippen molar-refractivity contribution in [1.82, 2.24) is 15.0 Å². The van der Waals surface area contributed by atoms with Gasteiger partial charge in [-0.05, 0) is 31.5 Å². The zero-order valence-corrected chi connectivity index (χ0v) is 13.6. The number of pyridine rings is 1. The standard InChI is InChI=1S/C18H20N4O2/c1-13-16-10-15(11-20-17(16)24-21-13)18(23)22(9-5-8-19)12-14-6-3-2-4-7-14/h2-4,6-7,10-11H,5,8-9,12,19H2,1H3. The number of nitrogens with two attached hydrogens (primary N) is 1. The van der Waals surface area contributed by atoms with Crippen LogP contribution >= 0.6 is 0 Å². The first kappa shape index (κ1) is 16.1. The van der Waals surface area contributed by atoms with Crippen LogP contribution in [0.1, 0.15) is 28.0 Å². The highest BCUT2D eigenvalue weighted by Gasteiger charge is 2.18. The van der Waals surface area contributed by atoms with Crippen molar-refractivity contribution in [2.75, 3.05) is 13.1 Å². The van der Waals surface area contributed by atoms with Crippen LogP contribution in [0.25, 0.3) is 11.1 Å². The van der Waals surface area contributed by atoms with Crippen LogP contribution in [0.4, 0.5) is 0 Å². The van der Waals surface area contributed by atoms with Crippen LogP contribution in [0.15, 0.2) is 47.1 Å². The third-order valence-corrected chi connectivity index (χ3v) is 3.89. The fourth-order valence-electron chi connectivity index (χ4n) is 2.58. The van der Waals surface area contributed by atoms with E-state index >= 15 is 0 Å². The lowest BCUT2D eigenvalue weighted by molar-refractivity contribution is 0.0742. The molecule has 0 aliphatic heterocycles. The molecule has 1 amide bonds. The molecule has 124 valence electrons. The van der Waals surface area contributed by atoms with Crippen molar-refractivity contribution in [3.05, 3.63) is 59.4 Å². The molecule has 3 aromatic rings. The summed E-state index contributed by atoms with van der Waals surface area (Å²) in [5.74, 6) is -0.0673. The highest BCUT2D eigenvalue weighted by Crippen LogP contribution is 2.18. The van der Waals surface area contributed by atoms with E-state index in [9.17, 15) is 4.79 Å². The van der Waals surface area contributed by atoms with Gasteiger partial charge in [0.1, 0.15) is 0 Å². The number of amides is 1. The molecule has 2 aromatic heterocycles. The van der Waals surface area contributed by atoms with Gasteiger partial charge in [0.15, 0.2) is 0 Å². The third-order valence-electron chi connectivity index (χ3n) is 3.89. The van der Waals surface area contributed by atoms with E-state index in [1.54, 1.807) is 11.0 Å². The summed E-state index contributed by atoms with van der Waals surface area (Å²) in [5, 5.41) is 4.64. The van der Waals surface area contributed by atoms with Crippen LogP contribution in [0.2, 0.25) is 0 Å². The summed E-state index contributed by atoms with van der Waals surface area (Å²) in [7, 11) is 0. The van der Waals surface area contributed by atoms with E-state index in [4.69, 9.17) is 10.3 Å². The SMILES string of the molecule is Cc1noc2ncc(C(=O)N(CCCN)Cc3ccccc3)cc12. The Kier molecular flexibility index (Phi) is 4.86. The van der Waals surface area contributed by atoms with Gasteiger partial charge < -0.3 is 15.2 Å². The predicted molar refractivity (Wildman–Crippen MR) is 91.4 cm³/mol. The third kappa shape index (κ3) is 3.44. The smallest absolute Gasteiger partial charge is 0.257 e. The average Bonchev–Trinajstić information content (AvgIpc) is 2.99. The molecule has 0 bridgehead atoms. The van der Waals surface area contributed by atoms with Gasteiger partial charge in [0.05, 0.1) is 16.6 Å². The van der Waals surface area contributed by atoms with Gasteiger partial charge in [-0.1, -0.05) is 35.5 Å². The highest BCUT2D eigenvalue weighted by atomic mass is 16.5. The number of aryl methyl sites for hydroxylation is 1. The maximum Gasteiger partial charge on any atom is 0.257 e. The zero-order chi connectivity index (χ0) is 16.9. The van der Waals surface area contributed by atoms with Crippen molar-refractivity contribution in [3.63, 3.8) is 0 Å². The van der Waals surface area contributed by atoms with Gasteiger partial charge in [-0.3, -0.25) is 4.79 Å². The molecule has 2 heterocycles. The first-order valence-corrected chi connectivity index (χ1v) is 7.94. The van der Waals surface area contributed by atoms with Gasteiger partial charge in [0, 0.05) is 19.3 Å². The van der Waals surface area contributed by atoms with E-state index in [1.165, 1.54) is 6.20 Å². The molecule has 0 saturated heterocycles. The van der Waals surface area contributed by atoms with Gasteiger partial charge in [0.2, 0.25) is 0 Å². The molecular weight excluding hydrogens is 304 g/mol. The van der Waals surface area contributed by atoms with Crippen LogP contribution in [0.3, 0.4) is 0 Å². The molecule has 6 heteroatoms. The molecular formula is C18H20N4O2. The van der Waals surface area contributed by atoms with Crippen molar-refractivity contribution in [1.29, 1.82) is 0 Å². The maximum absolute atomic E-state index is 12.9. The van der Waals surface area contributed by atoms with Gasteiger partial charge >= 0.3 is 0 Å². The number of nitrogens with zero attached hydrogens (tertiary/aromatic N) is 3. The Bertz CT molecular complexity index is 829. The Hall–Kier alpha value is -2.73. The second-order valence-electron chi connectivity index (χ2n) is 5.70. The Labute approximate surface area is 140 Å². The minimum Gasteiger partial charge on any atom is -0.336 e. The van der Waals surface area contributed by atoms with Crippen molar-refractivity contribution >= 4 is 17.0 Å². The van der Waals surface area contributed by atoms with Crippen molar-refractivity contribution < 1.29 is 9.32 Å². The van der Waals surface area contributed by atoms with Crippen LogP contribution in [0, 0.1) is 6.92 Å². The number of carbonyl (C=O) groups is 1. The monoisotopic (exact) mass is 324 g/mol. The molecule has 3 rings (SSSR count). The number of hydrogen-bond acceptors (Lipinski definition) is 5. The minimum absolute atomic E-state index is 0.0673. The summed E-state index contributed by atoms with van der Waals surface area (Å²) >= 11 is 0. The maximum atomic E-state index is 12.9. The van der Waals surface area contributed by atoms with Crippen LogP contribution < -0.4 is 5.73 Å². The highest BCUT2D eigenvalue weighted by molar-refractivity contribution is 5.97. The number of rotatable bonds is 6. The van der Waals surface area contributed by atoms with Gasteiger partial charge in [-0.15, -0.1) is 0 Å². The molecule has 0 atom stereocenters. The lowest BCUT2D eigenvalue weighted by atomic mass is 10.1. The second-order valence-corrected chi connectivity index (χ2v) is 5.70. The number of fused-ring (bicyclic) bond motifs is 1. The Morgan fingerprint density at radius 2 is 2.08 bits per heavy atom. The average molecular weight is 324 g/mol. The van der Waals surface area contributed by atoms with Gasteiger partial charge in [0.25, 0.3) is 11.6 Å². The van der Waals surface area contributed by atoms with Gasteiger partial charge in [-0.25, -0.2) is 4.98 Å². The van der Waals surface area contributed by atoms with Crippen molar-refractivity contribution in [2.24, 2.45) is 5.73 Å². The van der Waals surface area contributed by atoms with Crippen LogP contribution in [-0.2, 0) is 6.54 Å². The Balaban J connectivity index is 1.87. The normalized spacial score (nSPS) is 10.9. The molecule has 0 fully saturated rings. The largest absolute Gasteiger partial charge is 0.336 e. The first-order valence-electron chi connectivity index (χ1n) is 7.94. The van der Waals surface area contributed by atoms with E-state index in [0.717, 1.165) is 23.1 Å². The lowest BCUT2D eigenvalue weighted by Gasteiger charge is -2.22. The van der Waals surface area contributed by atoms with Crippen molar-refractivity contribution in [2.45, 2.75) is 19.9 Å². The summed E-state index contributed by atoms with van der Waals surface area (Å²) in [6, 6.07) is 11.7. The molecule has 0 aliphatic rings. The fourth-order valence-corrected chi connectivity index (χ4v) is 2.58. The quantitative estimate of drug-likeness (QED) is 0.753. The molecule has 0 unspecified atom stereocenters. The molecule has 24 heavy (non-hydrogen) atoms. The minimum atomic E-state index is -0.0673.